The van der Waals surface area contributed by atoms with Crippen molar-refractivity contribution in [2.24, 2.45) is 22.5 Å². The minimum Gasteiger partial charge on any atom is -0.481 e. The molecule has 5 atom stereocenters. The van der Waals surface area contributed by atoms with Crippen molar-refractivity contribution in [1.29, 1.82) is 0 Å². The van der Waals surface area contributed by atoms with E-state index < -0.39 is 42.3 Å². The second kappa shape index (κ2) is 7.46. The van der Waals surface area contributed by atoms with E-state index in [9.17, 15) is 19.2 Å². The number of hydrogen-bond acceptors (Lipinski definition) is 6. The van der Waals surface area contributed by atoms with Crippen molar-refractivity contribution >= 4 is 23.8 Å². The largest absolute Gasteiger partial charge is 0.481 e. The fraction of sp³-hybridized carbons (Fsp3) is 0.778. The first-order chi connectivity index (χ1) is 12.4. The lowest BCUT2D eigenvalue weighted by Crippen LogP contribution is -2.60. The molecule has 2 fully saturated rings. The van der Waals surface area contributed by atoms with Crippen LogP contribution >= 0.6 is 0 Å². The molecule has 0 aromatic carbocycles. The maximum absolute atomic E-state index is 12.8. The predicted octanol–water partition coefficient (Wildman–Crippen LogP) is -0.223. The van der Waals surface area contributed by atoms with Crippen molar-refractivity contribution in [3.63, 3.8) is 0 Å². The van der Waals surface area contributed by atoms with Crippen LogP contribution < -0.4 is 16.4 Å². The zero-order chi connectivity index (χ0) is 20.6. The molecule has 2 aliphatic carbocycles. The minimum atomic E-state index is -1.58. The number of rotatable bonds is 7. The highest BCUT2D eigenvalue weighted by atomic mass is 16.5. The number of carbonyl (C=O) groups is 4. The summed E-state index contributed by atoms with van der Waals surface area (Å²) in [5.41, 5.74) is 5.32. The van der Waals surface area contributed by atoms with Gasteiger partial charge >= 0.3 is 11.9 Å². The van der Waals surface area contributed by atoms with Gasteiger partial charge < -0.3 is 26.2 Å². The molecule has 5 N–H and O–H groups in total. The number of carboxylic acids is 1. The molecule has 2 aliphatic rings. The van der Waals surface area contributed by atoms with Crippen LogP contribution in [0.5, 0.6) is 0 Å². The fourth-order valence-electron chi connectivity index (χ4n) is 4.77. The first kappa shape index (κ1) is 21.1. The third kappa shape index (κ3) is 4.07. The smallest absolute Gasteiger partial charge is 0.338 e. The van der Waals surface area contributed by atoms with Gasteiger partial charge in [-0.25, -0.2) is 4.79 Å². The van der Waals surface area contributed by atoms with Crippen LogP contribution in [0.2, 0.25) is 0 Å². The van der Waals surface area contributed by atoms with E-state index in [4.69, 9.17) is 10.8 Å². The number of esters is 1. The third-order valence-corrected chi connectivity index (χ3v) is 6.27. The quantitative estimate of drug-likeness (QED) is 0.351. The van der Waals surface area contributed by atoms with E-state index >= 15 is 0 Å². The molecule has 0 saturated heterocycles. The molecule has 0 aromatic heterocycles. The zero-order valence-corrected chi connectivity index (χ0v) is 16.2. The van der Waals surface area contributed by atoms with Gasteiger partial charge in [0.1, 0.15) is 0 Å². The lowest BCUT2D eigenvalue weighted by atomic mass is 9.68. The fourth-order valence-corrected chi connectivity index (χ4v) is 4.77. The second-order valence-corrected chi connectivity index (χ2v) is 8.53. The van der Waals surface area contributed by atoms with Gasteiger partial charge in [0.15, 0.2) is 0 Å². The summed E-state index contributed by atoms with van der Waals surface area (Å²) in [4.78, 5) is 47.6. The number of nitrogens with one attached hydrogen (secondary N) is 2. The number of methoxy groups -OCH3 is 1. The first-order valence-corrected chi connectivity index (χ1v) is 9.08. The topological polar surface area (TPSA) is 148 Å². The van der Waals surface area contributed by atoms with E-state index in [2.05, 4.69) is 36.1 Å². The predicted molar refractivity (Wildman–Crippen MR) is 95.3 cm³/mol. The van der Waals surface area contributed by atoms with Crippen LogP contribution in [0, 0.1) is 16.7 Å². The third-order valence-electron chi connectivity index (χ3n) is 6.27. The van der Waals surface area contributed by atoms with Gasteiger partial charge in [0.2, 0.25) is 11.9 Å². The van der Waals surface area contributed by atoms with Crippen molar-refractivity contribution in [2.75, 3.05) is 7.11 Å². The molecule has 0 heterocycles. The Morgan fingerprint density at radius 2 is 1.85 bits per heavy atom. The molecule has 2 amide bonds. The summed E-state index contributed by atoms with van der Waals surface area (Å²) >= 11 is 0. The lowest BCUT2D eigenvalue weighted by molar-refractivity contribution is -0.150. The molecule has 0 radical (unpaired) electrons. The van der Waals surface area contributed by atoms with Crippen molar-refractivity contribution < 1.29 is 29.0 Å². The molecule has 9 heteroatoms. The molecular formula is C18H29N3O6. The van der Waals surface area contributed by atoms with Gasteiger partial charge in [0.05, 0.1) is 19.6 Å². The highest BCUT2D eigenvalue weighted by molar-refractivity contribution is 6.05. The van der Waals surface area contributed by atoms with Gasteiger partial charge in [-0.1, -0.05) is 20.8 Å². The molecule has 0 aromatic rings. The minimum absolute atomic E-state index is 0.0613. The van der Waals surface area contributed by atoms with Crippen LogP contribution in [-0.4, -0.2) is 54.1 Å². The highest BCUT2D eigenvalue weighted by Gasteiger charge is 2.60. The molecule has 0 spiro atoms. The molecule has 27 heavy (non-hydrogen) atoms. The summed E-state index contributed by atoms with van der Waals surface area (Å²) in [7, 11) is 1.11. The molecule has 2 bridgehead atoms. The number of aliphatic carboxylic acids is 1. The SMILES string of the molecule is COC(=O)C(NC(=O)[C@@H](N)CC(=O)O)C(=O)NC1C2(C)CCC(C2)C1(C)C. The Hall–Kier alpha value is -2.16. The van der Waals surface area contributed by atoms with Gasteiger partial charge in [0, 0.05) is 6.04 Å². The van der Waals surface area contributed by atoms with E-state index in [0.29, 0.717) is 5.92 Å². The monoisotopic (exact) mass is 383 g/mol. The Balaban J connectivity index is 2.12. The van der Waals surface area contributed by atoms with Crippen LogP contribution in [0.15, 0.2) is 0 Å². The number of carboxylic acid groups (broad SMARTS) is 1. The Labute approximate surface area is 158 Å². The average Bonchev–Trinajstić information content (AvgIpc) is 3.05. The molecule has 4 unspecified atom stereocenters. The number of ether oxygens (including phenoxy) is 1. The first-order valence-electron chi connectivity index (χ1n) is 9.08. The summed E-state index contributed by atoms with van der Waals surface area (Å²) in [5.74, 6) is -3.28. The van der Waals surface area contributed by atoms with Gasteiger partial charge in [-0.3, -0.25) is 14.4 Å². The van der Waals surface area contributed by atoms with E-state index in [-0.39, 0.29) is 16.9 Å². The molecular weight excluding hydrogens is 354 g/mol. The normalized spacial score (nSPS) is 30.3. The summed E-state index contributed by atoms with van der Waals surface area (Å²) in [6.07, 6.45) is 2.49. The number of hydrogen-bond donors (Lipinski definition) is 4. The van der Waals surface area contributed by atoms with Crippen LogP contribution in [0.4, 0.5) is 0 Å². The summed E-state index contributed by atoms with van der Waals surface area (Å²) in [6, 6.07) is -3.10. The Morgan fingerprint density at radius 1 is 1.22 bits per heavy atom. The molecule has 2 rings (SSSR count). The maximum Gasteiger partial charge on any atom is 0.338 e. The van der Waals surface area contributed by atoms with Crippen molar-refractivity contribution in [1.82, 2.24) is 10.6 Å². The molecule has 0 aliphatic heterocycles. The van der Waals surface area contributed by atoms with E-state index in [1.54, 1.807) is 0 Å². The van der Waals surface area contributed by atoms with Crippen LogP contribution in [0.3, 0.4) is 0 Å². The van der Waals surface area contributed by atoms with Gasteiger partial charge in [0.25, 0.3) is 5.91 Å². The van der Waals surface area contributed by atoms with Crippen LogP contribution in [0.1, 0.15) is 46.5 Å². The highest BCUT2D eigenvalue weighted by Crippen LogP contribution is 2.62. The number of carbonyl (C=O) groups excluding carboxylic acids is 3. The van der Waals surface area contributed by atoms with Crippen molar-refractivity contribution in [2.45, 2.75) is 64.6 Å². The number of amides is 2. The second-order valence-electron chi connectivity index (χ2n) is 8.53. The molecule has 2 saturated carbocycles. The Kier molecular flexibility index (Phi) is 5.84. The number of nitrogens with two attached hydrogens (primary N) is 1. The van der Waals surface area contributed by atoms with Gasteiger partial charge in [-0.15, -0.1) is 0 Å². The van der Waals surface area contributed by atoms with Gasteiger partial charge in [-0.05, 0) is 36.0 Å². The van der Waals surface area contributed by atoms with E-state index in [1.165, 1.54) is 0 Å². The van der Waals surface area contributed by atoms with E-state index in [0.717, 1.165) is 26.4 Å². The van der Waals surface area contributed by atoms with Gasteiger partial charge in [-0.2, -0.15) is 0 Å². The average molecular weight is 383 g/mol. The lowest BCUT2D eigenvalue weighted by Gasteiger charge is -2.43. The zero-order valence-electron chi connectivity index (χ0n) is 16.2. The Morgan fingerprint density at radius 3 is 2.33 bits per heavy atom. The summed E-state index contributed by atoms with van der Waals surface area (Å²) < 4.78 is 4.63. The molecule has 152 valence electrons. The standard InChI is InChI=1S/C18H29N3O6/c1-17(2)9-5-6-18(3,8-9)16(17)21-14(25)12(15(26)27-4)20-13(24)10(19)7-11(22)23/h9-10,12,16H,5-8,19H2,1-4H3,(H,20,24)(H,21,25)(H,22,23)/t9?,10-,12?,16?,18?/m0/s1. The van der Waals surface area contributed by atoms with Crippen molar-refractivity contribution in [3.8, 4) is 0 Å². The molecule has 9 nitrogen and oxygen atoms in total. The summed E-state index contributed by atoms with van der Waals surface area (Å²) in [5, 5.41) is 13.9. The van der Waals surface area contributed by atoms with Crippen LogP contribution in [-0.2, 0) is 23.9 Å². The number of fused-ring (bicyclic) bond motifs is 2. The van der Waals surface area contributed by atoms with Crippen LogP contribution in [0.25, 0.3) is 0 Å². The Bertz CT molecular complexity index is 644. The van der Waals surface area contributed by atoms with E-state index in [1.807, 2.05) is 0 Å². The maximum atomic E-state index is 12.8. The van der Waals surface area contributed by atoms with Crippen molar-refractivity contribution in [3.05, 3.63) is 0 Å². The summed E-state index contributed by atoms with van der Waals surface area (Å²) in [6.45, 7) is 6.32.